The summed E-state index contributed by atoms with van der Waals surface area (Å²) in [6, 6.07) is -0.479. The van der Waals surface area contributed by atoms with E-state index in [-0.39, 0.29) is 6.42 Å². The first kappa shape index (κ1) is 29.7. The summed E-state index contributed by atoms with van der Waals surface area (Å²) in [5.74, 6) is -1.69. The number of carbonyl (C=O) groups excluding carboxylic acids is 2. The van der Waals surface area contributed by atoms with E-state index in [2.05, 4.69) is 11.5 Å². The molecule has 0 amide bonds. The first-order valence-corrected chi connectivity index (χ1v) is 14.5. The monoisotopic (exact) mass is 535 g/mol. The Balaban J connectivity index is 1.84. The molecule has 2 saturated heterocycles. The van der Waals surface area contributed by atoms with Crippen molar-refractivity contribution in [1.82, 2.24) is 4.90 Å². The highest BCUT2D eigenvalue weighted by Crippen LogP contribution is 2.67. The van der Waals surface area contributed by atoms with Crippen LogP contribution < -0.4 is 0 Å². The van der Waals surface area contributed by atoms with Crippen LogP contribution in [0.1, 0.15) is 92.9 Å². The van der Waals surface area contributed by atoms with Crippen LogP contribution in [0.4, 0.5) is 0 Å². The van der Waals surface area contributed by atoms with Gasteiger partial charge in [-0.25, -0.2) is 0 Å². The molecule has 2 saturated carbocycles. The summed E-state index contributed by atoms with van der Waals surface area (Å²) in [4.78, 5) is 30.1. The first-order valence-electron chi connectivity index (χ1n) is 14.5. The van der Waals surface area contributed by atoms with E-state index >= 15 is 0 Å². The second kappa shape index (κ2) is 9.95. The number of piperidine rings is 1. The topological polar surface area (TPSA) is 117 Å². The summed E-state index contributed by atoms with van der Waals surface area (Å²) >= 11 is 0. The number of ketones is 1. The minimum Gasteiger partial charge on any atom is -0.455 e. The standard InChI is InChI=1S/C30H49NO7/c1-8-13-19(31-16-11-10-12-17-31)25(35)37-24-22(34)23-26(3,4)15-14-20(32)28(23,6)30(36)21(33)18-27(5,9-2)38-29(24,30)7/h9,19-20,22-24,32,34,36H,2,8,10-18H2,1,3-7H3/t19?,20-,22-,23-,24-,27-,28-,29+,30-/m0/s1. The fourth-order valence-corrected chi connectivity index (χ4v) is 8.64. The summed E-state index contributed by atoms with van der Waals surface area (Å²) in [6.45, 7) is 16.4. The number of aliphatic hydroxyl groups excluding tert-OH is 2. The predicted octanol–water partition coefficient (Wildman–Crippen LogP) is 3.15. The lowest BCUT2D eigenvalue weighted by molar-refractivity contribution is -0.371. The fourth-order valence-electron chi connectivity index (χ4n) is 8.64. The van der Waals surface area contributed by atoms with Crippen molar-refractivity contribution in [3.05, 3.63) is 12.7 Å². The van der Waals surface area contributed by atoms with Crippen LogP contribution in [0.3, 0.4) is 0 Å². The molecule has 9 atom stereocenters. The normalized spacial score (nSPS) is 46.0. The lowest BCUT2D eigenvalue weighted by Crippen LogP contribution is -2.86. The molecule has 216 valence electrons. The zero-order valence-electron chi connectivity index (χ0n) is 24.2. The van der Waals surface area contributed by atoms with Gasteiger partial charge in [0, 0.05) is 17.8 Å². The Labute approximate surface area is 227 Å². The average molecular weight is 536 g/mol. The number of aliphatic hydroxyl groups is 3. The van der Waals surface area contributed by atoms with Crippen molar-refractivity contribution in [2.75, 3.05) is 13.1 Å². The SMILES string of the molecule is C=C[C@@]1(C)CC(=O)[C@]2(O)[C@@]3(C)[C@@H](O)CCC(C)(C)[C@@H]3[C@H](O)[C@H](OC(=O)C(CCC)N3CCCCC3)[C@@]2(C)O1. The van der Waals surface area contributed by atoms with Gasteiger partial charge >= 0.3 is 5.97 Å². The Morgan fingerprint density at radius 1 is 1.18 bits per heavy atom. The molecule has 8 heteroatoms. The molecule has 1 unspecified atom stereocenters. The minimum atomic E-state index is -2.21. The Morgan fingerprint density at radius 2 is 1.82 bits per heavy atom. The van der Waals surface area contributed by atoms with Crippen molar-refractivity contribution in [2.24, 2.45) is 16.7 Å². The third-order valence-electron chi connectivity index (χ3n) is 10.6. The predicted molar refractivity (Wildman–Crippen MR) is 143 cm³/mol. The first-order chi connectivity index (χ1) is 17.6. The number of esters is 1. The summed E-state index contributed by atoms with van der Waals surface area (Å²) in [5.41, 5.74) is -7.15. The Hall–Kier alpha value is -1.32. The number of hydrogen-bond donors (Lipinski definition) is 3. The molecule has 38 heavy (non-hydrogen) atoms. The Morgan fingerprint density at radius 3 is 2.39 bits per heavy atom. The molecule has 0 aromatic heterocycles. The molecule has 2 aliphatic heterocycles. The van der Waals surface area contributed by atoms with E-state index in [1.54, 1.807) is 20.8 Å². The van der Waals surface area contributed by atoms with Gasteiger partial charge in [0.05, 0.1) is 17.8 Å². The Bertz CT molecular complexity index is 947. The van der Waals surface area contributed by atoms with Crippen molar-refractivity contribution in [2.45, 2.75) is 134 Å². The summed E-state index contributed by atoms with van der Waals surface area (Å²) in [5, 5.41) is 36.1. The molecule has 8 nitrogen and oxygen atoms in total. The third kappa shape index (κ3) is 4.12. The van der Waals surface area contributed by atoms with Gasteiger partial charge in [0.2, 0.25) is 0 Å². The van der Waals surface area contributed by atoms with Crippen LogP contribution in [0.15, 0.2) is 12.7 Å². The number of likely N-dealkylation sites (tertiary alicyclic amines) is 1. The summed E-state index contributed by atoms with van der Waals surface area (Å²) in [6.07, 6.45) is 3.23. The van der Waals surface area contributed by atoms with Gasteiger partial charge in [-0.05, 0) is 64.5 Å². The minimum absolute atomic E-state index is 0.138. The molecule has 0 spiro atoms. The average Bonchev–Trinajstić information content (AvgIpc) is 2.86. The van der Waals surface area contributed by atoms with E-state index in [0.717, 1.165) is 38.8 Å². The fraction of sp³-hybridized carbons (Fsp3) is 0.867. The highest BCUT2D eigenvalue weighted by atomic mass is 16.6. The van der Waals surface area contributed by atoms with Crippen molar-refractivity contribution in [3.63, 3.8) is 0 Å². The summed E-state index contributed by atoms with van der Waals surface area (Å²) < 4.78 is 12.8. The highest BCUT2D eigenvalue weighted by molar-refractivity contribution is 5.92. The van der Waals surface area contributed by atoms with Gasteiger partial charge in [-0.1, -0.05) is 46.6 Å². The van der Waals surface area contributed by atoms with Crippen LogP contribution in [-0.2, 0) is 19.1 Å². The van der Waals surface area contributed by atoms with Crippen LogP contribution in [0, 0.1) is 16.7 Å². The quantitative estimate of drug-likeness (QED) is 0.351. The number of rotatable bonds is 6. The van der Waals surface area contributed by atoms with Gasteiger partial charge in [-0.2, -0.15) is 0 Å². The zero-order valence-corrected chi connectivity index (χ0v) is 24.2. The lowest BCUT2D eigenvalue weighted by atomic mass is 9.40. The van der Waals surface area contributed by atoms with Gasteiger partial charge in [0.15, 0.2) is 17.5 Å². The molecule has 4 rings (SSSR count). The van der Waals surface area contributed by atoms with Crippen LogP contribution in [0.5, 0.6) is 0 Å². The lowest BCUT2D eigenvalue weighted by Gasteiger charge is -2.71. The van der Waals surface area contributed by atoms with E-state index in [1.807, 2.05) is 20.8 Å². The van der Waals surface area contributed by atoms with Crippen molar-refractivity contribution >= 4 is 11.8 Å². The summed E-state index contributed by atoms with van der Waals surface area (Å²) in [7, 11) is 0. The largest absolute Gasteiger partial charge is 0.455 e. The molecular formula is C30H49NO7. The van der Waals surface area contributed by atoms with Gasteiger partial charge in [-0.3, -0.25) is 14.5 Å². The molecule has 2 aliphatic carbocycles. The molecular weight excluding hydrogens is 486 g/mol. The number of Topliss-reactive ketones (excluding diaryl/α,β-unsaturated/α-hetero) is 1. The van der Waals surface area contributed by atoms with Crippen molar-refractivity contribution in [1.29, 1.82) is 0 Å². The third-order valence-corrected chi connectivity index (χ3v) is 10.6. The molecule has 0 aromatic carbocycles. The number of nitrogens with zero attached hydrogens (tertiary/aromatic N) is 1. The van der Waals surface area contributed by atoms with E-state index < -0.39 is 69.7 Å². The smallest absolute Gasteiger partial charge is 0.323 e. The van der Waals surface area contributed by atoms with Gasteiger partial charge in [0.1, 0.15) is 11.6 Å². The van der Waals surface area contributed by atoms with Gasteiger partial charge < -0.3 is 24.8 Å². The molecule has 4 fully saturated rings. The van der Waals surface area contributed by atoms with Crippen LogP contribution in [0.25, 0.3) is 0 Å². The molecule has 4 aliphatic rings. The molecule has 3 N–H and O–H groups in total. The molecule has 0 aromatic rings. The Kier molecular flexibility index (Phi) is 7.76. The maximum absolute atomic E-state index is 14.0. The number of fused-ring (bicyclic) bond motifs is 3. The maximum Gasteiger partial charge on any atom is 0.323 e. The van der Waals surface area contributed by atoms with E-state index in [4.69, 9.17) is 9.47 Å². The van der Waals surface area contributed by atoms with Crippen LogP contribution in [0.2, 0.25) is 0 Å². The zero-order chi connectivity index (χ0) is 28.3. The second-order valence-electron chi connectivity index (χ2n) is 13.6. The number of hydrogen-bond acceptors (Lipinski definition) is 8. The second-order valence-corrected chi connectivity index (χ2v) is 13.6. The molecule has 0 bridgehead atoms. The van der Waals surface area contributed by atoms with Crippen LogP contribution in [-0.4, -0.2) is 86.2 Å². The van der Waals surface area contributed by atoms with E-state index in [1.165, 1.54) is 6.08 Å². The maximum atomic E-state index is 14.0. The van der Waals surface area contributed by atoms with Crippen LogP contribution >= 0.6 is 0 Å². The number of carbonyl (C=O) groups is 2. The van der Waals surface area contributed by atoms with Crippen molar-refractivity contribution < 1.29 is 34.4 Å². The molecule has 2 heterocycles. The number of ether oxygens (including phenoxy) is 2. The van der Waals surface area contributed by atoms with Gasteiger partial charge in [-0.15, -0.1) is 6.58 Å². The van der Waals surface area contributed by atoms with E-state index in [0.29, 0.717) is 19.3 Å². The van der Waals surface area contributed by atoms with Gasteiger partial charge in [0.25, 0.3) is 0 Å². The van der Waals surface area contributed by atoms with E-state index in [9.17, 15) is 24.9 Å². The molecule has 0 radical (unpaired) electrons. The highest BCUT2D eigenvalue weighted by Gasteiger charge is 2.81. The van der Waals surface area contributed by atoms with Crippen molar-refractivity contribution in [3.8, 4) is 0 Å².